The first-order chi connectivity index (χ1) is 16.1. The van der Waals surface area contributed by atoms with Crippen molar-refractivity contribution in [3.8, 4) is 5.75 Å². The molecule has 2 fully saturated rings. The van der Waals surface area contributed by atoms with E-state index in [2.05, 4.69) is 30.9 Å². The van der Waals surface area contributed by atoms with Crippen LogP contribution in [0, 0.1) is 5.92 Å². The fraction of sp³-hybridized carbons (Fsp3) is 0.625. The summed E-state index contributed by atoms with van der Waals surface area (Å²) in [6, 6.07) is 5.77. The predicted molar refractivity (Wildman–Crippen MR) is 135 cm³/mol. The topological polar surface area (TPSA) is 110 Å². The zero-order valence-corrected chi connectivity index (χ0v) is 20.2. The second-order valence-corrected chi connectivity index (χ2v) is 9.63. The fourth-order valence-corrected chi connectivity index (χ4v) is 5.01. The molecule has 0 bridgehead atoms. The Morgan fingerprint density at radius 1 is 0.939 bits per heavy atom. The average molecular weight is 474 g/mol. The SMILES string of the molecule is COc1ccc(Nc2nc(NCC3CCCCCC3)nc(NC3CCCCC3N)n2)cc1Cl. The van der Waals surface area contributed by atoms with E-state index in [9.17, 15) is 0 Å². The summed E-state index contributed by atoms with van der Waals surface area (Å²) in [4.78, 5) is 13.9. The Morgan fingerprint density at radius 2 is 1.64 bits per heavy atom. The standard InChI is InChI=1S/C24H36ClN7O/c1-33-21-13-12-17(14-18(21)25)28-23-30-22(27-15-16-8-4-2-3-5-9-16)31-24(32-23)29-20-11-7-6-10-19(20)26/h12-14,16,19-20H,2-11,15,26H2,1H3,(H3,27,28,29,30,31,32). The molecule has 1 aromatic carbocycles. The Balaban J connectivity index is 1.51. The van der Waals surface area contributed by atoms with Crippen molar-refractivity contribution < 1.29 is 4.74 Å². The summed E-state index contributed by atoms with van der Waals surface area (Å²) in [6.07, 6.45) is 12.2. The molecule has 4 rings (SSSR count). The van der Waals surface area contributed by atoms with E-state index in [1.807, 2.05) is 12.1 Å². The number of halogens is 1. The highest BCUT2D eigenvalue weighted by molar-refractivity contribution is 6.32. The quantitative estimate of drug-likeness (QED) is 0.380. The van der Waals surface area contributed by atoms with Crippen molar-refractivity contribution >= 4 is 35.1 Å². The van der Waals surface area contributed by atoms with Crippen molar-refractivity contribution in [1.29, 1.82) is 0 Å². The van der Waals surface area contributed by atoms with Gasteiger partial charge in [0.15, 0.2) is 0 Å². The molecule has 0 aliphatic heterocycles. The lowest BCUT2D eigenvalue weighted by molar-refractivity contribution is 0.402. The molecule has 2 aromatic rings. The molecule has 2 aliphatic rings. The van der Waals surface area contributed by atoms with Gasteiger partial charge in [-0.15, -0.1) is 0 Å². The molecular formula is C24H36ClN7O. The van der Waals surface area contributed by atoms with Gasteiger partial charge in [0.05, 0.1) is 12.1 Å². The van der Waals surface area contributed by atoms with Gasteiger partial charge in [0.2, 0.25) is 17.8 Å². The number of aromatic nitrogens is 3. The summed E-state index contributed by atoms with van der Waals surface area (Å²) in [5, 5.41) is 10.7. The van der Waals surface area contributed by atoms with E-state index in [1.54, 1.807) is 13.2 Å². The van der Waals surface area contributed by atoms with Gasteiger partial charge in [0.1, 0.15) is 5.75 Å². The molecule has 2 saturated carbocycles. The third-order valence-corrected chi connectivity index (χ3v) is 7.00. The highest BCUT2D eigenvalue weighted by Crippen LogP contribution is 2.29. The summed E-state index contributed by atoms with van der Waals surface area (Å²) in [5.41, 5.74) is 7.13. The molecule has 5 N–H and O–H groups in total. The van der Waals surface area contributed by atoms with Gasteiger partial charge in [0.25, 0.3) is 0 Å². The van der Waals surface area contributed by atoms with Crippen molar-refractivity contribution in [3.63, 3.8) is 0 Å². The van der Waals surface area contributed by atoms with E-state index in [-0.39, 0.29) is 12.1 Å². The largest absolute Gasteiger partial charge is 0.495 e. The molecule has 2 atom stereocenters. The maximum Gasteiger partial charge on any atom is 0.233 e. The Morgan fingerprint density at radius 3 is 2.36 bits per heavy atom. The number of benzene rings is 1. The molecule has 2 aliphatic carbocycles. The normalized spacial score (nSPS) is 21.8. The van der Waals surface area contributed by atoms with Crippen molar-refractivity contribution in [2.45, 2.75) is 76.3 Å². The Hall–Kier alpha value is -2.32. The van der Waals surface area contributed by atoms with E-state index in [0.717, 1.165) is 25.1 Å². The second-order valence-electron chi connectivity index (χ2n) is 9.22. The lowest BCUT2D eigenvalue weighted by Crippen LogP contribution is -2.43. The Bertz CT molecular complexity index is 904. The van der Waals surface area contributed by atoms with Crippen LogP contribution < -0.4 is 26.4 Å². The van der Waals surface area contributed by atoms with Crippen molar-refractivity contribution in [2.24, 2.45) is 11.7 Å². The second kappa shape index (κ2) is 11.7. The summed E-state index contributed by atoms with van der Waals surface area (Å²) in [6.45, 7) is 0.875. The van der Waals surface area contributed by atoms with Crippen molar-refractivity contribution in [2.75, 3.05) is 29.6 Å². The van der Waals surface area contributed by atoms with E-state index < -0.39 is 0 Å². The molecule has 180 valence electrons. The maximum atomic E-state index is 6.35. The Kier molecular flexibility index (Phi) is 8.45. The van der Waals surface area contributed by atoms with Crippen LogP contribution in [0.2, 0.25) is 5.02 Å². The molecule has 0 spiro atoms. The smallest absolute Gasteiger partial charge is 0.233 e. The zero-order valence-electron chi connectivity index (χ0n) is 19.4. The van der Waals surface area contributed by atoms with Crippen molar-refractivity contribution in [1.82, 2.24) is 15.0 Å². The molecule has 9 heteroatoms. The third-order valence-electron chi connectivity index (χ3n) is 6.70. The average Bonchev–Trinajstić information content (AvgIpc) is 3.08. The van der Waals surface area contributed by atoms with Gasteiger partial charge < -0.3 is 26.4 Å². The van der Waals surface area contributed by atoms with Crippen LogP contribution in [-0.2, 0) is 0 Å². The molecule has 0 radical (unpaired) electrons. The highest BCUT2D eigenvalue weighted by Gasteiger charge is 2.23. The van der Waals surface area contributed by atoms with Gasteiger partial charge in [-0.1, -0.05) is 50.1 Å². The number of nitrogens with zero attached hydrogens (tertiary/aromatic N) is 3. The molecule has 8 nitrogen and oxygen atoms in total. The van der Waals surface area contributed by atoms with Crippen LogP contribution in [0.25, 0.3) is 0 Å². The molecule has 1 aromatic heterocycles. The van der Waals surface area contributed by atoms with E-state index in [1.165, 1.54) is 51.4 Å². The van der Waals surface area contributed by atoms with Gasteiger partial charge in [-0.2, -0.15) is 15.0 Å². The first-order valence-electron chi connectivity index (χ1n) is 12.2. The van der Waals surface area contributed by atoms with Crippen LogP contribution >= 0.6 is 11.6 Å². The van der Waals surface area contributed by atoms with Crippen LogP contribution in [0.1, 0.15) is 64.2 Å². The first kappa shape index (κ1) is 23.8. The minimum absolute atomic E-state index is 0.106. The van der Waals surface area contributed by atoms with Gasteiger partial charge >= 0.3 is 0 Å². The molecule has 0 amide bonds. The van der Waals surface area contributed by atoms with Crippen LogP contribution in [-0.4, -0.2) is 40.7 Å². The molecule has 1 heterocycles. The van der Waals surface area contributed by atoms with Crippen LogP contribution in [0.15, 0.2) is 18.2 Å². The number of hydrogen-bond acceptors (Lipinski definition) is 8. The molecular weight excluding hydrogens is 438 g/mol. The van der Waals surface area contributed by atoms with Gasteiger partial charge in [-0.05, 0) is 49.8 Å². The summed E-state index contributed by atoms with van der Waals surface area (Å²) in [7, 11) is 1.60. The first-order valence-corrected chi connectivity index (χ1v) is 12.6. The van der Waals surface area contributed by atoms with Crippen LogP contribution in [0.4, 0.5) is 23.5 Å². The third kappa shape index (κ3) is 6.84. The number of hydrogen-bond donors (Lipinski definition) is 4. The molecule has 0 saturated heterocycles. The molecule has 2 unspecified atom stereocenters. The number of anilines is 4. The summed E-state index contributed by atoms with van der Waals surface area (Å²) >= 11 is 6.30. The Labute approximate surface area is 201 Å². The lowest BCUT2D eigenvalue weighted by atomic mass is 9.91. The van der Waals surface area contributed by atoms with Gasteiger partial charge in [-0.25, -0.2) is 0 Å². The predicted octanol–water partition coefficient (Wildman–Crippen LogP) is 5.34. The van der Waals surface area contributed by atoms with E-state index in [0.29, 0.717) is 34.5 Å². The maximum absolute atomic E-state index is 6.35. The number of nitrogens with one attached hydrogen (secondary N) is 3. The van der Waals surface area contributed by atoms with E-state index in [4.69, 9.17) is 22.1 Å². The monoisotopic (exact) mass is 473 g/mol. The zero-order chi connectivity index (χ0) is 23.0. The fourth-order valence-electron chi connectivity index (χ4n) is 4.76. The number of rotatable bonds is 8. The highest BCUT2D eigenvalue weighted by atomic mass is 35.5. The lowest BCUT2D eigenvalue weighted by Gasteiger charge is -2.29. The van der Waals surface area contributed by atoms with Gasteiger partial charge in [0, 0.05) is 24.3 Å². The number of methoxy groups -OCH3 is 1. The summed E-state index contributed by atoms with van der Waals surface area (Å²) in [5.74, 6) is 2.85. The number of ether oxygens (including phenoxy) is 1. The van der Waals surface area contributed by atoms with Crippen molar-refractivity contribution in [3.05, 3.63) is 23.2 Å². The summed E-state index contributed by atoms with van der Waals surface area (Å²) < 4.78 is 5.25. The molecule has 33 heavy (non-hydrogen) atoms. The minimum atomic E-state index is 0.106. The van der Waals surface area contributed by atoms with E-state index >= 15 is 0 Å². The van der Waals surface area contributed by atoms with Gasteiger partial charge in [-0.3, -0.25) is 0 Å². The van der Waals surface area contributed by atoms with Crippen LogP contribution in [0.3, 0.4) is 0 Å². The minimum Gasteiger partial charge on any atom is -0.495 e. The number of nitrogens with two attached hydrogens (primary N) is 1. The van der Waals surface area contributed by atoms with Crippen LogP contribution in [0.5, 0.6) is 5.75 Å².